The topological polar surface area (TPSA) is 160 Å². The summed E-state index contributed by atoms with van der Waals surface area (Å²) in [5.41, 5.74) is 2.82. The second kappa shape index (κ2) is 13.0. The lowest BCUT2D eigenvalue weighted by atomic mass is 10.1. The van der Waals surface area contributed by atoms with Crippen LogP contribution in [0.2, 0.25) is 10.2 Å². The van der Waals surface area contributed by atoms with E-state index < -0.39 is 18.0 Å². The quantitative estimate of drug-likeness (QED) is 0.219. The fourth-order valence-electron chi connectivity index (χ4n) is 4.33. The number of methoxy groups -OCH3 is 1. The molecule has 4 aromatic rings. The Morgan fingerprint density at radius 2 is 1.95 bits per heavy atom. The molecule has 5 rings (SSSR count). The van der Waals surface area contributed by atoms with E-state index in [1.54, 1.807) is 60.5 Å². The number of carbonyl (C=O) groups is 3. The number of tetrazole rings is 1. The van der Waals surface area contributed by atoms with Crippen LogP contribution in [0, 0.1) is 0 Å². The third kappa shape index (κ3) is 7.37. The Morgan fingerprint density at radius 3 is 2.63 bits per heavy atom. The number of H-pyrrole nitrogens is 1. The summed E-state index contributed by atoms with van der Waals surface area (Å²) in [6.45, 7) is 0. The van der Waals surface area contributed by atoms with Crippen LogP contribution in [0.1, 0.15) is 36.7 Å². The number of nitrogens with zero attached hydrogens (tertiary/aromatic N) is 6. The molecule has 0 aliphatic heterocycles. The zero-order chi connectivity index (χ0) is 30.5. The number of halogens is 2. The van der Waals surface area contributed by atoms with Gasteiger partial charge in [0.15, 0.2) is 0 Å². The summed E-state index contributed by atoms with van der Waals surface area (Å²) in [6, 6.07) is 11.3. The highest BCUT2D eigenvalue weighted by Gasteiger charge is 2.32. The van der Waals surface area contributed by atoms with Crippen molar-refractivity contribution in [3.8, 4) is 16.9 Å². The van der Waals surface area contributed by atoms with Gasteiger partial charge >= 0.3 is 6.09 Å². The van der Waals surface area contributed by atoms with Crippen molar-refractivity contribution in [3.05, 3.63) is 76.4 Å². The molecule has 1 atom stereocenters. The minimum Gasteiger partial charge on any atom is -0.453 e. The molecular weight excluding hydrogens is 597 g/mol. The lowest BCUT2D eigenvalue weighted by Gasteiger charge is -2.21. The molecule has 1 aliphatic carbocycles. The minimum absolute atomic E-state index is 0.0368. The van der Waals surface area contributed by atoms with Crippen LogP contribution in [0.5, 0.6) is 0 Å². The van der Waals surface area contributed by atoms with E-state index in [1.165, 1.54) is 24.2 Å². The van der Waals surface area contributed by atoms with Crippen LogP contribution in [0.25, 0.3) is 23.0 Å². The number of benzene rings is 2. The summed E-state index contributed by atoms with van der Waals surface area (Å²) in [6.07, 6.45) is 5.61. The molecule has 15 heteroatoms. The van der Waals surface area contributed by atoms with Gasteiger partial charge in [-0.05, 0) is 59.7 Å². The Kier molecular flexibility index (Phi) is 9.02. The van der Waals surface area contributed by atoms with Gasteiger partial charge in [0.05, 0.1) is 25.3 Å². The maximum absolute atomic E-state index is 13.2. The lowest BCUT2D eigenvalue weighted by Crippen LogP contribution is -2.35. The third-order valence-electron chi connectivity index (χ3n) is 6.78. The van der Waals surface area contributed by atoms with Gasteiger partial charge in [-0.3, -0.25) is 14.9 Å². The number of ether oxygens (including phenoxy) is 1. The van der Waals surface area contributed by atoms with Gasteiger partial charge in [0.25, 0.3) is 0 Å². The highest BCUT2D eigenvalue weighted by molar-refractivity contribution is 6.32. The molecule has 0 unspecified atom stereocenters. The fourth-order valence-corrected chi connectivity index (χ4v) is 4.76. The van der Waals surface area contributed by atoms with Gasteiger partial charge in [-0.2, -0.15) is 4.68 Å². The highest BCUT2D eigenvalue weighted by atomic mass is 35.5. The Bertz CT molecular complexity index is 1650. The molecule has 43 heavy (non-hydrogen) atoms. The average molecular weight is 624 g/mol. The number of carbonyl (C=O) groups excluding carboxylic acids is 3. The second-order valence-electron chi connectivity index (χ2n) is 9.77. The van der Waals surface area contributed by atoms with Crippen molar-refractivity contribution in [3.63, 3.8) is 0 Å². The molecule has 1 saturated carbocycles. The molecule has 2 heterocycles. The first kappa shape index (κ1) is 29.7. The summed E-state index contributed by atoms with van der Waals surface area (Å²) >= 11 is 12.7. The van der Waals surface area contributed by atoms with Gasteiger partial charge in [0, 0.05) is 41.0 Å². The van der Waals surface area contributed by atoms with E-state index in [1.807, 2.05) is 0 Å². The number of aromatic nitrogens is 6. The summed E-state index contributed by atoms with van der Waals surface area (Å²) in [4.78, 5) is 47.1. The van der Waals surface area contributed by atoms with E-state index in [0.717, 1.165) is 12.8 Å². The summed E-state index contributed by atoms with van der Waals surface area (Å²) < 4.78 is 6.07. The van der Waals surface area contributed by atoms with Crippen molar-refractivity contribution in [1.29, 1.82) is 0 Å². The van der Waals surface area contributed by atoms with Crippen LogP contribution in [-0.2, 0) is 14.3 Å². The molecule has 2 aromatic heterocycles. The molecule has 1 aliphatic rings. The predicted octanol–water partition coefficient (Wildman–Crippen LogP) is 4.42. The van der Waals surface area contributed by atoms with Crippen molar-refractivity contribution >= 4 is 52.9 Å². The van der Waals surface area contributed by atoms with E-state index in [-0.39, 0.29) is 23.5 Å². The Labute approximate surface area is 256 Å². The molecule has 3 N–H and O–H groups in total. The first-order valence-electron chi connectivity index (χ1n) is 13.2. The summed E-state index contributed by atoms with van der Waals surface area (Å²) in [7, 11) is 3.03. The van der Waals surface area contributed by atoms with Crippen molar-refractivity contribution in [2.75, 3.05) is 19.5 Å². The van der Waals surface area contributed by atoms with Crippen molar-refractivity contribution < 1.29 is 19.1 Å². The Balaban J connectivity index is 1.38. The van der Waals surface area contributed by atoms with Crippen LogP contribution in [0.15, 0.2) is 54.9 Å². The molecule has 1 fully saturated rings. The monoisotopic (exact) mass is 623 g/mol. The maximum atomic E-state index is 13.2. The van der Waals surface area contributed by atoms with E-state index in [0.29, 0.717) is 39.0 Å². The minimum atomic E-state index is -0.810. The van der Waals surface area contributed by atoms with Crippen molar-refractivity contribution in [2.24, 2.45) is 0 Å². The lowest BCUT2D eigenvalue weighted by molar-refractivity contribution is -0.131. The molecular formula is C28H27Cl2N9O4. The average Bonchev–Trinajstić information content (AvgIpc) is 3.56. The molecule has 0 saturated heterocycles. The zero-order valence-electron chi connectivity index (χ0n) is 23.1. The second-order valence-corrected chi connectivity index (χ2v) is 10.6. The normalized spacial score (nSPS) is 13.5. The summed E-state index contributed by atoms with van der Waals surface area (Å²) in [5, 5.41) is 17.4. The standard InChI is InChI=1S/C28H27Cl2N9O4/c1-38(20-9-10-20)24(41)14-21(27-34-25(26(30)35-27)16-3-7-19(8-4-16)32-28(42)43-2)33-23(40)12-5-17-13-18(29)6-11-22(17)39-15-31-36-37-39/h3-8,11-13,15,20-21H,9-10,14H2,1-2H3,(H,32,42)(H,33,40)(H,34,35)/b12-5+/t21-/m0/s1. The highest BCUT2D eigenvalue weighted by Crippen LogP contribution is 2.31. The van der Waals surface area contributed by atoms with Gasteiger partial charge < -0.3 is 19.9 Å². The number of hydrogen-bond donors (Lipinski definition) is 3. The SMILES string of the molecule is COC(=O)Nc1ccc(-c2nc([C@H](CC(=O)N(C)C3CC3)NC(=O)/C=C/c3cc(Cl)ccc3-n3cnnn3)[nH]c2Cl)cc1. The van der Waals surface area contributed by atoms with E-state index in [2.05, 4.69) is 40.9 Å². The Hall–Kier alpha value is -4.75. The molecule has 3 amide bonds. The largest absolute Gasteiger partial charge is 0.453 e. The van der Waals surface area contributed by atoms with Crippen molar-refractivity contribution in [1.82, 2.24) is 40.4 Å². The van der Waals surface area contributed by atoms with Crippen LogP contribution >= 0.6 is 23.2 Å². The Morgan fingerprint density at radius 1 is 1.19 bits per heavy atom. The fraction of sp³-hybridized carbons (Fsp3) is 0.250. The molecule has 2 aromatic carbocycles. The molecule has 0 bridgehead atoms. The van der Waals surface area contributed by atoms with Gasteiger partial charge in [-0.15, -0.1) is 5.10 Å². The molecule has 13 nitrogen and oxygen atoms in total. The first-order chi connectivity index (χ1) is 20.7. The maximum Gasteiger partial charge on any atom is 0.411 e. The molecule has 0 radical (unpaired) electrons. The number of nitrogens with one attached hydrogen (secondary N) is 3. The number of anilines is 1. The van der Waals surface area contributed by atoms with Crippen LogP contribution in [-0.4, -0.2) is 73.2 Å². The third-order valence-corrected chi connectivity index (χ3v) is 7.29. The van der Waals surface area contributed by atoms with Gasteiger partial charge in [-0.25, -0.2) is 9.78 Å². The van der Waals surface area contributed by atoms with Crippen LogP contribution in [0.4, 0.5) is 10.5 Å². The molecule has 0 spiro atoms. The smallest absolute Gasteiger partial charge is 0.411 e. The van der Waals surface area contributed by atoms with E-state index in [4.69, 9.17) is 23.2 Å². The van der Waals surface area contributed by atoms with Crippen LogP contribution in [0.3, 0.4) is 0 Å². The van der Waals surface area contributed by atoms with Crippen molar-refractivity contribution in [2.45, 2.75) is 31.3 Å². The number of aromatic amines is 1. The van der Waals surface area contributed by atoms with Gasteiger partial charge in [0.2, 0.25) is 11.8 Å². The van der Waals surface area contributed by atoms with Crippen LogP contribution < -0.4 is 10.6 Å². The summed E-state index contributed by atoms with van der Waals surface area (Å²) in [5.74, 6) is -0.296. The van der Waals surface area contributed by atoms with E-state index >= 15 is 0 Å². The number of imidazole rings is 1. The first-order valence-corrected chi connectivity index (χ1v) is 14.0. The zero-order valence-corrected chi connectivity index (χ0v) is 24.6. The van der Waals surface area contributed by atoms with Gasteiger partial charge in [0.1, 0.15) is 23.0 Å². The predicted molar refractivity (Wildman–Crippen MR) is 160 cm³/mol. The number of amides is 3. The number of hydrogen-bond acceptors (Lipinski definition) is 8. The van der Waals surface area contributed by atoms with Gasteiger partial charge in [-0.1, -0.05) is 35.3 Å². The molecule has 222 valence electrons. The number of rotatable bonds is 10. The van der Waals surface area contributed by atoms with E-state index in [9.17, 15) is 14.4 Å².